The van der Waals surface area contributed by atoms with Crippen molar-refractivity contribution < 1.29 is 4.57 Å². The van der Waals surface area contributed by atoms with Crippen LogP contribution >= 0.6 is 0 Å². The van der Waals surface area contributed by atoms with E-state index in [4.69, 9.17) is 0 Å². The first-order chi connectivity index (χ1) is 16.1. The molecule has 0 aliphatic heterocycles. The number of anilines is 3. The summed E-state index contributed by atoms with van der Waals surface area (Å²) in [6, 6.07) is 27.7. The number of hydrogen-bond donors (Lipinski definition) is 1. The number of nitrogens with one attached hydrogen (secondary N) is 1. The number of para-hydroxylation sites is 1. The van der Waals surface area contributed by atoms with Gasteiger partial charge in [0.2, 0.25) is 5.52 Å². The van der Waals surface area contributed by atoms with Crippen LogP contribution in [0.2, 0.25) is 0 Å². The summed E-state index contributed by atoms with van der Waals surface area (Å²) in [6.45, 7) is 4.51. The number of hydrazone groups is 1. The molecule has 1 N–H and O–H groups in total. The van der Waals surface area contributed by atoms with Crippen molar-refractivity contribution in [1.29, 1.82) is 0 Å². The molecule has 0 aliphatic rings. The fraction of sp³-hybridized carbons (Fsp3) is 0.241. The lowest BCUT2D eigenvalue weighted by molar-refractivity contribution is -0.644. The summed E-state index contributed by atoms with van der Waals surface area (Å²) in [6.07, 6.45) is 6.36. The molecule has 0 saturated heterocycles. The number of nitrogens with zero attached hydrogens (tertiary/aromatic N) is 3. The van der Waals surface area contributed by atoms with Gasteiger partial charge in [0.15, 0.2) is 6.20 Å². The quantitative estimate of drug-likeness (QED) is 0.187. The maximum Gasteiger partial charge on any atom is 0.212 e. The molecule has 4 rings (SSSR count). The van der Waals surface area contributed by atoms with Crippen LogP contribution in [0.25, 0.3) is 10.9 Å². The van der Waals surface area contributed by atoms with Crippen molar-refractivity contribution >= 4 is 34.2 Å². The number of benzene rings is 3. The molecule has 0 fully saturated rings. The molecule has 4 aromatic rings. The van der Waals surface area contributed by atoms with Crippen molar-refractivity contribution in [2.75, 3.05) is 17.4 Å². The highest BCUT2D eigenvalue weighted by molar-refractivity contribution is 5.97. The van der Waals surface area contributed by atoms with E-state index in [-0.39, 0.29) is 0 Å². The van der Waals surface area contributed by atoms with Gasteiger partial charge in [-0.25, -0.2) is 4.57 Å². The molecule has 4 nitrogen and oxygen atoms in total. The van der Waals surface area contributed by atoms with Crippen LogP contribution in [0.5, 0.6) is 0 Å². The van der Waals surface area contributed by atoms with Crippen LogP contribution in [0.15, 0.2) is 90.2 Å². The standard InChI is InChI=1S/C29H33N4/c1-5-22(6-2)23-11-13-25(14-12-23)31-26-15-17-27(18-16-26)33(4)30-21-24-19-20-32(3)29-10-8-7-9-28(24)29/h7-22,31H,5-6H2,1-4H3/q+1. The van der Waals surface area contributed by atoms with Gasteiger partial charge in [0.05, 0.1) is 17.3 Å². The molecular weight excluding hydrogens is 404 g/mol. The van der Waals surface area contributed by atoms with E-state index >= 15 is 0 Å². The second kappa shape index (κ2) is 10.3. The molecule has 0 aliphatic carbocycles. The number of aryl methyl sites for hydroxylation is 1. The van der Waals surface area contributed by atoms with Crippen molar-refractivity contribution in [3.8, 4) is 0 Å². The first-order valence-electron chi connectivity index (χ1n) is 11.7. The Kier molecular flexibility index (Phi) is 7.04. The predicted molar refractivity (Wildman–Crippen MR) is 141 cm³/mol. The van der Waals surface area contributed by atoms with Crippen LogP contribution in [0.1, 0.15) is 43.7 Å². The summed E-state index contributed by atoms with van der Waals surface area (Å²) >= 11 is 0. The van der Waals surface area contributed by atoms with Crippen LogP contribution in [0.4, 0.5) is 17.1 Å². The topological polar surface area (TPSA) is 31.5 Å². The van der Waals surface area contributed by atoms with E-state index in [9.17, 15) is 0 Å². The Hall–Kier alpha value is -3.66. The number of rotatable bonds is 8. The highest BCUT2D eigenvalue weighted by Gasteiger charge is 2.08. The molecule has 0 atom stereocenters. The predicted octanol–water partition coefficient (Wildman–Crippen LogP) is 6.78. The van der Waals surface area contributed by atoms with Crippen molar-refractivity contribution in [2.45, 2.75) is 32.6 Å². The third-order valence-corrected chi connectivity index (χ3v) is 6.34. The molecule has 33 heavy (non-hydrogen) atoms. The maximum atomic E-state index is 4.68. The van der Waals surface area contributed by atoms with Gasteiger partial charge >= 0.3 is 0 Å². The molecule has 0 bridgehead atoms. The average Bonchev–Trinajstić information content (AvgIpc) is 2.86. The van der Waals surface area contributed by atoms with E-state index in [1.54, 1.807) is 0 Å². The number of fused-ring (bicyclic) bond motifs is 1. The van der Waals surface area contributed by atoms with E-state index in [1.165, 1.54) is 29.3 Å². The SMILES string of the molecule is CCC(CC)c1ccc(Nc2ccc(N(C)N=Cc3cc[n+](C)c4ccccc34)cc2)cc1. The van der Waals surface area contributed by atoms with Crippen LogP contribution in [0.3, 0.4) is 0 Å². The average molecular weight is 438 g/mol. The van der Waals surface area contributed by atoms with Gasteiger partial charge in [-0.15, -0.1) is 0 Å². The van der Waals surface area contributed by atoms with Gasteiger partial charge in [-0.2, -0.15) is 5.10 Å². The molecule has 0 spiro atoms. The second-order valence-corrected chi connectivity index (χ2v) is 8.47. The minimum absolute atomic E-state index is 0.645. The molecule has 0 unspecified atom stereocenters. The third-order valence-electron chi connectivity index (χ3n) is 6.34. The maximum absolute atomic E-state index is 4.68. The molecule has 3 aromatic carbocycles. The van der Waals surface area contributed by atoms with Gasteiger partial charge in [-0.05, 0) is 66.8 Å². The lowest BCUT2D eigenvalue weighted by Gasteiger charge is -2.15. The molecule has 1 aromatic heterocycles. The van der Waals surface area contributed by atoms with Crippen LogP contribution in [-0.4, -0.2) is 13.3 Å². The third kappa shape index (κ3) is 5.23. The van der Waals surface area contributed by atoms with Crippen molar-refractivity contribution in [3.63, 3.8) is 0 Å². The van der Waals surface area contributed by atoms with Gasteiger partial charge in [0, 0.05) is 36.1 Å². The Bertz CT molecular complexity index is 1220. The normalized spacial score (nSPS) is 11.4. The highest BCUT2D eigenvalue weighted by atomic mass is 15.4. The fourth-order valence-corrected chi connectivity index (χ4v) is 4.24. The second-order valence-electron chi connectivity index (χ2n) is 8.47. The fourth-order valence-electron chi connectivity index (χ4n) is 4.24. The van der Waals surface area contributed by atoms with Gasteiger partial charge in [0.1, 0.15) is 7.05 Å². The number of aromatic nitrogens is 1. The van der Waals surface area contributed by atoms with E-state index in [1.807, 2.05) is 18.3 Å². The Morgan fingerprint density at radius 1 is 0.879 bits per heavy atom. The molecule has 0 saturated carbocycles. The Morgan fingerprint density at radius 2 is 1.52 bits per heavy atom. The minimum atomic E-state index is 0.645. The van der Waals surface area contributed by atoms with Gasteiger partial charge in [-0.3, -0.25) is 5.01 Å². The van der Waals surface area contributed by atoms with Gasteiger partial charge < -0.3 is 5.32 Å². The van der Waals surface area contributed by atoms with E-state index in [0.717, 1.165) is 22.6 Å². The minimum Gasteiger partial charge on any atom is -0.356 e. The lowest BCUT2D eigenvalue weighted by atomic mass is 9.94. The Balaban J connectivity index is 1.43. The first-order valence-corrected chi connectivity index (χ1v) is 11.7. The lowest BCUT2D eigenvalue weighted by Crippen LogP contribution is -2.28. The molecular formula is C29H33N4+. The Morgan fingerprint density at radius 3 is 2.18 bits per heavy atom. The summed E-state index contributed by atoms with van der Waals surface area (Å²) in [4.78, 5) is 0. The van der Waals surface area contributed by atoms with Gasteiger partial charge in [0.25, 0.3) is 0 Å². The van der Waals surface area contributed by atoms with E-state index < -0.39 is 0 Å². The first kappa shape index (κ1) is 22.5. The van der Waals surface area contributed by atoms with Crippen molar-refractivity contribution in [1.82, 2.24) is 0 Å². The smallest absolute Gasteiger partial charge is 0.212 e. The summed E-state index contributed by atoms with van der Waals surface area (Å²) in [5.74, 6) is 0.645. The molecule has 168 valence electrons. The molecule has 0 radical (unpaired) electrons. The van der Waals surface area contributed by atoms with Crippen molar-refractivity contribution in [2.24, 2.45) is 12.1 Å². The monoisotopic (exact) mass is 437 g/mol. The van der Waals surface area contributed by atoms with Crippen LogP contribution in [0, 0.1) is 0 Å². The molecule has 4 heteroatoms. The van der Waals surface area contributed by atoms with E-state index in [2.05, 4.69) is 121 Å². The number of hydrogen-bond acceptors (Lipinski definition) is 3. The summed E-state index contributed by atoms with van der Waals surface area (Å²) in [5.41, 5.74) is 6.91. The largest absolute Gasteiger partial charge is 0.356 e. The van der Waals surface area contributed by atoms with Crippen LogP contribution < -0.4 is 14.9 Å². The van der Waals surface area contributed by atoms with Crippen molar-refractivity contribution in [3.05, 3.63) is 96.2 Å². The summed E-state index contributed by atoms with van der Waals surface area (Å²) in [7, 11) is 4.03. The zero-order valence-corrected chi connectivity index (χ0v) is 20.0. The zero-order chi connectivity index (χ0) is 23.2. The van der Waals surface area contributed by atoms with E-state index in [0.29, 0.717) is 5.92 Å². The summed E-state index contributed by atoms with van der Waals surface area (Å²) < 4.78 is 2.13. The Labute approximate surface area is 197 Å². The van der Waals surface area contributed by atoms with Crippen LogP contribution in [-0.2, 0) is 7.05 Å². The summed E-state index contributed by atoms with van der Waals surface area (Å²) in [5, 5.41) is 11.3. The molecule has 1 heterocycles. The highest BCUT2D eigenvalue weighted by Crippen LogP contribution is 2.26. The molecule has 0 amide bonds. The van der Waals surface area contributed by atoms with Gasteiger partial charge in [-0.1, -0.05) is 38.1 Å². The number of pyridine rings is 1. The zero-order valence-electron chi connectivity index (χ0n) is 20.0.